The van der Waals surface area contributed by atoms with E-state index < -0.39 is 0 Å². The average Bonchev–Trinajstić information content (AvgIpc) is 2.83. The number of nitrogen functional groups attached to an aromatic ring is 1. The molecule has 3 aromatic rings. The Morgan fingerprint density at radius 1 is 1.11 bits per heavy atom. The molecule has 0 bridgehead atoms. The molecule has 1 aromatic heterocycles. The summed E-state index contributed by atoms with van der Waals surface area (Å²) in [7, 11) is 0. The summed E-state index contributed by atoms with van der Waals surface area (Å²) in [6.45, 7) is 0.429. The second kappa shape index (κ2) is 4.86. The van der Waals surface area contributed by atoms with E-state index in [1.807, 2.05) is 30.3 Å². The van der Waals surface area contributed by atoms with Crippen molar-refractivity contribution in [2.45, 2.75) is 6.61 Å². The van der Waals surface area contributed by atoms with Crippen LogP contribution < -0.4 is 10.5 Å². The molecule has 0 aliphatic carbocycles. The molecule has 0 atom stereocenters. The summed E-state index contributed by atoms with van der Waals surface area (Å²) >= 11 is 5.82. The molecule has 0 amide bonds. The van der Waals surface area contributed by atoms with E-state index in [1.54, 1.807) is 18.4 Å². The molecule has 0 saturated carbocycles. The Morgan fingerprint density at radius 2 is 1.89 bits per heavy atom. The number of para-hydroxylation sites is 1. The van der Waals surface area contributed by atoms with Crippen molar-refractivity contribution < 1.29 is 9.15 Å². The van der Waals surface area contributed by atoms with Gasteiger partial charge in [-0.25, -0.2) is 0 Å². The highest BCUT2D eigenvalue weighted by Crippen LogP contribution is 2.27. The summed E-state index contributed by atoms with van der Waals surface area (Å²) in [5.41, 5.74) is 8.15. The van der Waals surface area contributed by atoms with Crippen molar-refractivity contribution in [2.24, 2.45) is 0 Å². The standard InChI is InChI=1S/C15H12ClNO2/c16-11-4-6-12(7-5-11)18-8-10-9-19-15-13(10)2-1-3-14(15)17/h1-7,9H,8,17H2. The van der Waals surface area contributed by atoms with Crippen LogP contribution in [0, 0.1) is 0 Å². The average molecular weight is 274 g/mol. The van der Waals surface area contributed by atoms with Crippen molar-refractivity contribution in [3.8, 4) is 5.75 Å². The van der Waals surface area contributed by atoms with Crippen molar-refractivity contribution in [1.29, 1.82) is 0 Å². The number of ether oxygens (including phenoxy) is 1. The van der Waals surface area contributed by atoms with Gasteiger partial charge in [-0.3, -0.25) is 0 Å². The number of hydrogen-bond donors (Lipinski definition) is 1. The van der Waals surface area contributed by atoms with Gasteiger partial charge in [0, 0.05) is 16.0 Å². The Labute approximate surface area is 115 Å². The van der Waals surface area contributed by atoms with Crippen LogP contribution >= 0.6 is 11.6 Å². The minimum atomic E-state index is 0.429. The number of nitrogens with two attached hydrogens (primary N) is 1. The van der Waals surface area contributed by atoms with Gasteiger partial charge in [0.1, 0.15) is 12.4 Å². The van der Waals surface area contributed by atoms with E-state index in [1.165, 1.54) is 0 Å². The third kappa shape index (κ3) is 2.37. The van der Waals surface area contributed by atoms with E-state index in [9.17, 15) is 0 Å². The third-order valence-electron chi connectivity index (χ3n) is 2.92. The molecule has 4 heteroatoms. The van der Waals surface area contributed by atoms with E-state index >= 15 is 0 Å². The Bertz CT molecular complexity index is 704. The van der Waals surface area contributed by atoms with Gasteiger partial charge in [0.05, 0.1) is 12.0 Å². The second-order valence-electron chi connectivity index (χ2n) is 4.23. The van der Waals surface area contributed by atoms with E-state index in [-0.39, 0.29) is 0 Å². The molecule has 2 aromatic carbocycles. The van der Waals surface area contributed by atoms with Crippen LogP contribution in [0.4, 0.5) is 5.69 Å². The number of halogens is 1. The fourth-order valence-electron chi connectivity index (χ4n) is 1.94. The Morgan fingerprint density at radius 3 is 2.68 bits per heavy atom. The smallest absolute Gasteiger partial charge is 0.157 e. The van der Waals surface area contributed by atoms with Crippen LogP contribution in [0.1, 0.15) is 5.56 Å². The summed E-state index contributed by atoms with van der Waals surface area (Å²) in [6.07, 6.45) is 1.68. The third-order valence-corrected chi connectivity index (χ3v) is 3.17. The normalized spacial score (nSPS) is 10.8. The predicted molar refractivity (Wildman–Crippen MR) is 76.4 cm³/mol. The van der Waals surface area contributed by atoms with Crippen LogP contribution in [0.3, 0.4) is 0 Å². The molecule has 0 fully saturated rings. The van der Waals surface area contributed by atoms with Gasteiger partial charge in [0.25, 0.3) is 0 Å². The molecular weight excluding hydrogens is 262 g/mol. The fourth-order valence-corrected chi connectivity index (χ4v) is 2.06. The molecule has 19 heavy (non-hydrogen) atoms. The molecule has 0 aliphatic rings. The summed E-state index contributed by atoms with van der Waals surface area (Å²) in [5.74, 6) is 0.766. The maximum absolute atomic E-state index is 5.84. The van der Waals surface area contributed by atoms with E-state index in [4.69, 9.17) is 26.5 Å². The van der Waals surface area contributed by atoms with Crippen molar-refractivity contribution in [3.63, 3.8) is 0 Å². The summed E-state index contributed by atoms with van der Waals surface area (Å²) in [5, 5.41) is 1.67. The largest absolute Gasteiger partial charge is 0.489 e. The molecule has 96 valence electrons. The lowest BCUT2D eigenvalue weighted by molar-refractivity contribution is 0.306. The van der Waals surface area contributed by atoms with E-state index in [0.717, 1.165) is 16.7 Å². The minimum absolute atomic E-state index is 0.429. The SMILES string of the molecule is Nc1cccc2c(COc3ccc(Cl)cc3)coc12. The van der Waals surface area contributed by atoms with Gasteiger partial charge >= 0.3 is 0 Å². The van der Waals surface area contributed by atoms with Gasteiger partial charge in [-0.1, -0.05) is 23.7 Å². The van der Waals surface area contributed by atoms with Crippen molar-refractivity contribution >= 4 is 28.3 Å². The van der Waals surface area contributed by atoms with Gasteiger partial charge in [-0.05, 0) is 30.3 Å². The first-order valence-corrected chi connectivity index (χ1v) is 6.25. The molecular formula is C15H12ClNO2. The maximum atomic E-state index is 5.84. The first kappa shape index (κ1) is 11.9. The number of hydrogen-bond acceptors (Lipinski definition) is 3. The second-order valence-corrected chi connectivity index (χ2v) is 4.66. The van der Waals surface area contributed by atoms with Crippen LogP contribution in [-0.4, -0.2) is 0 Å². The van der Waals surface area contributed by atoms with Gasteiger partial charge in [0.15, 0.2) is 5.58 Å². The zero-order chi connectivity index (χ0) is 13.2. The monoisotopic (exact) mass is 273 g/mol. The molecule has 0 unspecified atom stereocenters. The van der Waals surface area contributed by atoms with Crippen LogP contribution in [0.25, 0.3) is 11.0 Å². The van der Waals surface area contributed by atoms with Gasteiger partial charge in [0.2, 0.25) is 0 Å². The predicted octanol–water partition coefficient (Wildman–Crippen LogP) is 4.25. The fraction of sp³-hybridized carbons (Fsp3) is 0.0667. The molecule has 0 saturated heterocycles. The summed E-state index contributed by atoms with van der Waals surface area (Å²) < 4.78 is 11.2. The molecule has 3 nitrogen and oxygen atoms in total. The molecule has 3 rings (SSSR count). The maximum Gasteiger partial charge on any atom is 0.157 e. The van der Waals surface area contributed by atoms with Gasteiger partial charge in [-0.2, -0.15) is 0 Å². The zero-order valence-corrected chi connectivity index (χ0v) is 10.9. The van der Waals surface area contributed by atoms with Crippen LogP contribution in [0.5, 0.6) is 5.75 Å². The first-order chi connectivity index (χ1) is 9.24. The van der Waals surface area contributed by atoms with E-state index in [2.05, 4.69) is 0 Å². The lowest BCUT2D eigenvalue weighted by Gasteiger charge is -2.04. The van der Waals surface area contributed by atoms with Crippen molar-refractivity contribution in [1.82, 2.24) is 0 Å². The van der Waals surface area contributed by atoms with Crippen molar-refractivity contribution in [2.75, 3.05) is 5.73 Å². The topological polar surface area (TPSA) is 48.4 Å². The lowest BCUT2D eigenvalue weighted by atomic mass is 10.1. The number of fused-ring (bicyclic) bond motifs is 1. The molecule has 0 aliphatic heterocycles. The number of furan rings is 1. The number of anilines is 1. The highest BCUT2D eigenvalue weighted by Gasteiger charge is 2.08. The Balaban J connectivity index is 1.82. The summed E-state index contributed by atoms with van der Waals surface area (Å²) in [4.78, 5) is 0. The molecule has 1 heterocycles. The zero-order valence-electron chi connectivity index (χ0n) is 10.1. The Hall–Kier alpha value is -2.13. The van der Waals surface area contributed by atoms with Gasteiger partial charge < -0.3 is 14.9 Å². The first-order valence-electron chi connectivity index (χ1n) is 5.87. The van der Waals surface area contributed by atoms with Crippen LogP contribution in [0.2, 0.25) is 5.02 Å². The van der Waals surface area contributed by atoms with Crippen LogP contribution in [0.15, 0.2) is 53.1 Å². The van der Waals surface area contributed by atoms with Crippen molar-refractivity contribution in [3.05, 3.63) is 59.3 Å². The quantitative estimate of drug-likeness (QED) is 0.726. The molecule has 0 spiro atoms. The minimum Gasteiger partial charge on any atom is -0.489 e. The van der Waals surface area contributed by atoms with Crippen LogP contribution in [-0.2, 0) is 6.61 Å². The Kier molecular flexibility index (Phi) is 3.05. The number of rotatable bonds is 3. The highest BCUT2D eigenvalue weighted by atomic mass is 35.5. The summed E-state index contributed by atoms with van der Waals surface area (Å²) in [6, 6.07) is 12.9. The molecule has 0 radical (unpaired) electrons. The van der Waals surface area contributed by atoms with E-state index in [0.29, 0.717) is 22.9 Å². The number of benzene rings is 2. The van der Waals surface area contributed by atoms with Gasteiger partial charge in [-0.15, -0.1) is 0 Å². The highest BCUT2D eigenvalue weighted by molar-refractivity contribution is 6.30. The lowest BCUT2D eigenvalue weighted by Crippen LogP contribution is -1.94. The molecule has 2 N–H and O–H groups in total.